The summed E-state index contributed by atoms with van der Waals surface area (Å²) in [5.74, 6) is 4.48. The molecule has 0 heterocycles. The minimum atomic E-state index is -0.544. The minimum Gasteiger partial charge on any atom is -0.345 e. The van der Waals surface area contributed by atoms with E-state index in [4.69, 9.17) is 5.73 Å². The van der Waals surface area contributed by atoms with Crippen molar-refractivity contribution >= 4 is 5.91 Å². The fraction of sp³-hybridized carbons (Fsp3) is 0.250. The van der Waals surface area contributed by atoms with Gasteiger partial charge in [-0.2, -0.15) is 0 Å². The summed E-state index contributed by atoms with van der Waals surface area (Å²) >= 11 is 0. The zero-order valence-corrected chi connectivity index (χ0v) is 9.25. The van der Waals surface area contributed by atoms with Crippen LogP contribution >= 0.6 is 0 Å². The maximum atomic E-state index is 13.4. The van der Waals surface area contributed by atoms with E-state index in [0.29, 0.717) is 5.56 Å². The van der Waals surface area contributed by atoms with Gasteiger partial charge in [0.15, 0.2) is 0 Å². The van der Waals surface area contributed by atoms with E-state index in [0.717, 1.165) is 0 Å². The lowest BCUT2D eigenvalue weighted by atomic mass is 10.1. The van der Waals surface area contributed by atoms with Gasteiger partial charge in [0.1, 0.15) is 5.82 Å². The van der Waals surface area contributed by atoms with E-state index in [-0.39, 0.29) is 18.0 Å². The Morgan fingerprint density at radius 2 is 2.19 bits per heavy atom. The highest BCUT2D eigenvalue weighted by Crippen LogP contribution is 2.11. The first kappa shape index (κ1) is 12.2. The van der Waals surface area contributed by atoms with E-state index >= 15 is 0 Å². The molecule has 0 bridgehead atoms. The molecule has 0 aliphatic heterocycles. The topological polar surface area (TPSA) is 46.3 Å². The Morgan fingerprint density at radius 3 is 2.75 bits per heavy atom. The van der Waals surface area contributed by atoms with Crippen LogP contribution in [0.15, 0.2) is 18.2 Å². The number of carbonyl (C=O) groups is 1. The number of hydrogen-bond donors (Lipinski definition) is 1. The third-order valence-corrected chi connectivity index (χ3v) is 1.94. The van der Waals surface area contributed by atoms with Gasteiger partial charge in [-0.1, -0.05) is 11.8 Å². The van der Waals surface area contributed by atoms with E-state index in [1.807, 2.05) is 0 Å². The van der Waals surface area contributed by atoms with Crippen LogP contribution < -0.4 is 5.73 Å². The van der Waals surface area contributed by atoms with Gasteiger partial charge in [-0.15, -0.1) is 0 Å². The second-order valence-electron chi connectivity index (χ2n) is 3.40. The minimum absolute atomic E-state index is 0.0221. The second-order valence-corrected chi connectivity index (χ2v) is 3.40. The summed E-state index contributed by atoms with van der Waals surface area (Å²) in [6.07, 6.45) is 0. The van der Waals surface area contributed by atoms with Crippen molar-refractivity contribution in [3.8, 4) is 11.8 Å². The van der Waals surface area contributed by atoms with Gasteiger partial charge in [0.25, 0.3) is 5.91 Å². The van der Waals surface area contributed by atoms with Crippen LogP contribution in [0.4, 0.5) is 4.39 Å². The summed E-state index contributed by atoms with van der Waals surface area (Å²) in [4.78, 5) is 12.9. The first-order valence-electron chi connectivity index (χ1n) is 4.76. The molecule has 1 amide bonds. The van der Waals surface area contributed by atoms with Gasteiger partial charge in [-0.05, 0) is 18.2 Å². The zero-order valence-electron chi connectivity index (χ0n) is 9.25. The SMILES string of the molecule is CN(C)C(=O)c1cc(C#CCN)ccc1F. The summed E-state index contributed by atoms with van der Waals surface area (Å²) in [5.41, 5.74) is 5.83. The summed E-state index contributed by atoms with van der Waals surface area (Å²) in [7, 11) is 3.14. The van der Waals surface area contributed by atoms with Crippen molar-refractivity contribution in [2.75, 3.05) is 20.6 Å². The molecule has 0 aliphatic carbocycles. The Kier molecular flexibility index (Phi) is 4.03. The third kappa shape index (κ3) is 2.81. The van der Waals surface area contributed by atoms with Crippen molar-refractivity contribution in [2.45, 2.75) is 0 Å². The van der Waals surface area contributed by atoms with Crippen LogP contribution in [0.3, 0.4) is 0 Å². The number of amides is 1. The number of nitrogens with zero attached hydrogens (tertiary/aromatic N) is 1. The molecule has 0 radical (unpaired) electrons. The number of rotatable bonds is 1. The average molecular weight is 220 g/mol. The molecule has 1 rings (SSSR count). The normalized spacial score (nSPS) is 9.25. The van der Waals surface area contributed by atoms with Crippen molar-refractivity contribution in [3.05, 3.63) is 35.1 Å². The van der Waals surface area contributed by atoms with E-state index in [1.165, 1.54) is 23.1 Å². The fourth-order valence-electron chi connectivity index (χ4n) is 1.16. The molecule has 3 nitrogen and oxygen atoms in total. The molecule has 0 saturated heterocycles. The monoisotopic (exact) mass is 220 g/mol. The predicted molar refractivity (Wildman–Crippen MR) is 60.3 cm³/mol. The van der Waals surface area contributed by atoms with Crippen LogP contribution in [-0.4, -0.2) is 31.4 Å². The van der Waals surface area contributed by atoms with E-state index in [1.54, 1.807) is 14.1 Å². The lowest BCUT2D eigenvalue weighted by Crippen LogP contribution is -2.22. The molecule has 2 N–H and O–H groups in total. The van der Waals surface area contributed by atoms with Gasteiger partial charge in [0.2, 0.25) is 0 Å². The molecular weight excluding hydrogens is 207 g/mol. The van der Waals surface area contributed by atoms with Crippen molar-refractivity contribution < 1.29 is 9.18 Å². The maximum Gasteiger partial charge on any atom is 0.256 e. The highest BCUT2D eigenvalue weighted by molar-refractivity contribution is 5.94. The molecule has 1 aromatic carbocycles. The van der Waals surface area contributed by atoms with Gasteiger partial charge in [0, 0.05) is 19.7 Å². The Labute approximate surface area is 94.0 Å². The van der Waals surface area contributed by atoms with Crippen LogP contribution in [0, 0.1) is 17.7 Å². The van der Waals surface area contributed by atoms with Crippen molar-refractivity contribution in [1.29, 1.82) is 0 Å². The van der Waals surface area contributed by atoms with Gasteiger partial charge < -0.3 is 10.6 Å². The standard InChI is InChI=1S/C12H13FN2O/c1-15(2)12(16)10-8-9(4-3-7-14)5-6-11(10)13/h5-6,8H,7,14H2,1-2H3. The molecule has 84 valence electrons. The van der Waals surface area contributed by atoms with Crippen LogP contribution in [0.2, 0.25) is 0 Å². The summed E-state index contributed by atoms with van der Waals surface area (Å²) in [6, 6.07) is 4.18. The second kappa shape index (κ2) is 5.29. The first-order chi connectivity index (χ1) is 7.56. The Hall–Kier alpha value is -1.86. The van der Waals surface area contributed by atoms with Crippen LogP contribution in [0.1, 0.15) is 15.9 Å². The number of nitrogens with two attached hydrogens (primary N) is 1. The van der Waals surface area contributed by atoms with Crippen molar-refractivity contribution in [1.82, 2.24) is 4.90 Å². The molecule has 0 unspecified atom stereocenters. The zero-order chi connectivity index (χ0) is 12.1. The molecule has 0 aliphatic rings. The summed E-state index contributed by atoms with van der Waals surface area (Å²) in [5, 5.41) is 0. The number of carbonyl (C=O) groups excluding carboxylic acids is 1. The number of hydrogen-bond acceptors (Lipinski definition) is 2. The smallest absolute Gasteiger partial charge is 0.256 e. The molecule has 0 atom stereocenters. The lowest BCUT2D eigenvalue weighted by molar-refractivity contribution is 0.0823. The summed E-state index contributed by atoms with van der Waals surface area (Å²) < 4.78 is 13.4. The lowest BCUT2D eigenvalue weighted by Gasteiger charge is -2.10. The molecular formula is C12H13FN2O. The van der Waals surface area contributed by atoms with Gasteiger partial charge >= 0.3 is 0 Å². The van der Waals surface area contributed by atoms with Crippen LogP contribution in [0.5, 0.6) is 0 Å². The van der Waals surface area contributed by atoms with Gasteiger partial charge in [-0.25, -0.2) is 4.39 Å². The predicted octanol–water partition coefficient (Wildman–Crippen LogP) is 0.838. The van der Waals surface area contributed by atoms with E-state index in [2.05, 4.69) is 11.8 Å². The first-order valence-corrected chi connectivity index (χ1v) is 4.76. The largest absolute Gasteiger partial charge is 0.345 e. The number of benzene rings is 1. The molecule has 16 heavy (non-hydrogen) atoms. The van der Waals surface area contributed by atoms with Crippen molar-refractivity contribution in [3.63, 3.8) is 0 Å². The van der Waals surface area contributed by atoms with E-state index < -0.39 is 5.82 Å². The Morgan fingerprint density at radius 1 is 1.50 bits per heavy atom. The van der Waals surface area contributed by atoms with Gasteiger partial charge in [-0.3, -0.25) is 4.79 Å². The third-order valence-electron chi connectivity index (χ3n) is 1.94. The quantitative estimate of drug-likeness (QED) is 0.713. The average Bonchev–Trinajstić information content (AvgIpc) is 2.27. The number of halogens is 1. The maximum absolute atomic E-state index is 13.4. The highest BCUT2D eigenvalue weighted by atomic mass is 19.1. The fourth-order valence-corrected chi connectivity index (χ4v) is 1.16. The molecule has 0 fully saturated rings. The van der Waals surface area contributed by atoms with E-state index in [9.17, 15) is 9.18 Å². The Balaban J connectivity index is 3.13. The molecule has 0 aromatic heterocycles. The summed E-state index contributed by atoms with van der Waals surface area (Å²) in [6.45, 7) is 0.230. The molecule has 0 spiro atoms. The van der Waals surface area contributed by atoms with Gasteiger partial charge in [0.05, 0.1) is 12.1 Å². The van der Waals surface area contributed by atoms with Crippen LogP contribution in [0.25, 0.3) is 0 Å². The molecule has 1 aromatic rings. The van der Waals surface area contributed by atoms with Crippen molar-refractivity contribution in [2.24, 2.45) is 5.73 Å². The Bertz CT molecular complexity index is 458. The van der Waals surface area contributed by atoms with Crippen LogP contribution in [-0.2, 0) is 0 Å². The molecule has 4 heteroatoms. The molecule has 0 saturated carbocycles. The highest BCUT2D eigenvalue weighted by Gasteiger charge is 2.13.